The van der Waals surface area contributed by atoms with Gasteiger partial charge in [-0.3, -0.25) is 9.05 Å². The molecule has 0 heterocycles. The Morgan fingerprint density at radius 3 is 1.61 bits per heavy atom. The van der Waals surface area contributed by atoms with Crippen molar-refractivity contribution in [2.45, 2.75) is 140 Å². The van der Waals surface area contributed by atoms with Crippen molar-refractivity contribution >= 4 is 7.82 Å². The van der Waals surface area contributed by atoms with Crippen LogP contribution in [0.5, 0.6) is 0 Å². The molecule has 0 aromatic carbocycles. The Hall–Kier alpha value is -0.690. The van der Waals surface area contributed by atoms with Crippen LogP contribution in [0, 0.1) is 0 Å². The zero-order valence-corrected chi connectivity index (χ0v) is 28.1. The van der Waals surface area contributed by atoms with Crippen LogP contribution in [0.1, 0.15) is 110 Å². The average molecular weight is 655 g/mol. The largest absolute Gasteiger partial charge is 0.472 e. The number of aliphatic hydroxyl groups excluding tert-OH is 5. The summed E-state index contributed by atoms with van der Waals surface area (Å²) in [7, 11) is -3.19. The molecule has 0 aromatic heterocycles. The maximum atomic E-state index is 12.1. The number of methoxy groups -OCH3 is 1. The predicted molar refractivity (Wildman–Crippen MR) is 172 cm³/mol. The molecule has 0 fully saturated rings. The minimum atomic E-state index is -4.60. The lowest BCUT2D eigenvalue weighted by Gasteiger charge is -2.26. The van der Waals surface area contributed by atoms with E-state index < -0.39 is 51.6 Å². The molecule has 262 valence electrons. The molecule has 44 heavy (non-hydrogen) atoms. The van der Waals surface area contributed by atoms with Crippen LogP contribution in [0.25, 0.3) is 0 Å². The number of phosphoric ester groups is 1. The van der Waals surface area contributed by atoms with E-state index in [1.807, 2.05) is 0 Å². The fourth-order valence-electron chi connectivity index (χ4n) is 4.30. The summed E-state index contributed by atoms with van der Waals surface area (Å²) >= 11 is 0. The summed E-state index contributed by atoms with van der Waals surface area (Å²) in [6.45, 7) is 0.939. The molecule has 0 rings (SSSR count). The smallest absolute Gasteiger partial charge is 0.394 e. The van der Waals surface area contributed by atoms with Crippen molar-refractivity contribution in [2.75, 3.05) is 40.1 Å². The van der Waals surface area contributed by atoms with Gasteiger partial charge in [-0.2, -0.15) is 0 Å². The van der Waals surface area contributed by atoms with Crippen LogP contribution >= 0.6 is 7.82 Å². The fraction of sp³-hybridized carbons (Fsp3) is 0.875. The molecule has 0 amide bonds. The third-order valence-electron chi connectivity index (χ3n) is 7.25. The SMILES string of the molecule is CCCCC/C=C\CCCC/C=C\CCCCCCCCCOC[C@H](COP(=O)(O)OC[C@@H](O)[C@@H](O)[C@H](O)[C@H](O)CO)OC. The highest BCUT2D eigenvalue weighted by molar-refractivity contribution is 7.47. The molecule has 12 heteroatoms. The van der Waals surface area contributed by atoms with Crippen LogP contribution in [0.4, 0.5) is 0 Å². The van der Waals surface area contributed by atoms with Gasteiger partial charge in [-0.15, -0.1) is 0 Å². The fourth-order valence-corrected chi connectivity index (χ4v) is 5.07. The van der Waals surface area contributed by atoms with Crippen molar-refractivity contribution in [3.63, 3.8) is 0 Å². The first-order valence-corrected chi connectivity index (χ1v) is 18.0. The van der Waals surface area contributed by atoms with Gasteiger partial charge in [-0.05, 0) is 57.8 Å². The maximum Gasteiger partial charge on any atom is 0.472 e. The average Bonchev–Trinajstić information content (AvgIpc) is 3.02. The third kappa shape index (κ3) is 25.5. The second-order valence-electron chi connectivity index (χ2n) is 11.3. The predicted octanol–water partition coefficient (Wildman–Crippen LogP) is 4.96. The molecule has 1 unspecified atom stereocenters. The summed E-state index contributed by atoms with van der Waals surface area (Å²) < 4.78 is 32.4. The molecule has 6 N–H and O–H groups in total. The minimum Gasteiger partial charge on any atom is -0.394 e. The van der Waals surface area contributed by atoms with Gasteiger partial charge < -0.3 is 39.9 Å². The molecule has 0 saturated carbocycles. The zero-order valence-electron chi connectivity index (χ0n) is 27.2. The van der Waals surface area contributed by atoms with Gasteiger partial charge in [-0.25, -0.2) is 4.57 Å². The summed E-state index contributed by atoms with van der Waals surface area (Å²) in [6, 6.07) is 0. The lowest BCUT2D eigenvalue weighted by molar-refractivity contribution is -0.123. The molecule has 0 bridgehead atoms. The molecular formula is C32H63O11P. The van der Waals surface area contributed by atoms with Crippen LogP contribution in [-0.4, -0.2) is 101 Å². The van der Waals surface area contributed by atoms with E-state index in [0.29, 0.717) is 6.61 Å². The molecule has 0 aliphatic heterocycles. The third-order valence-corrected chi connectivity index (χ3v) is 8.20. The number of hydrogen-bond donors (Lipinski definition) is 6. The molecule has 0 saturated heterocycles. The number of ether oxygens (including phenoxy) is 2. The number of allylic oxidation sites excluding steroid dienone is 4. The summed E-state index contributed by atoms with van der Waals surface area (Å²) in [4.78, 5) is 9.80. The lowest BCUT2D eigenvalue weighted by Crippen LogP contribution is -2.47. The van der Waals surface area contributed by atoms with E-state index in [1.54, 1.807) is 0 Å². The van der Waals surface area contributed by atoms with E-state index in [2.05, 4.69) is 35.8 Å². The standard InChI is InChI=1S/C32H63O11P/c1-3-4-5-6-7-8-9-10-11-12-13-14-15-16-17-18-19-20-21-22-23-41-25-28(40-2)26-42-44(38,39)43-27-30(35)32(37)31(36)29(34)24-33/h7-8,13-14,28-37H,3-6,9-12,15-27H2,1-2H3,(H,38,39)/b8-7-,14-13-/t28-,29-,30-,31-,32-/m1/s1. The minimum absolute atomic E-state index is 0.159. The number of phosphoric acid groups is 1. The first kappa shape index (κ1) is 43.3. The molecule has 0 aromatic rings. The van der Waals surface area contributed by atoms with Crippen LogP contribution in [0.2, 0.25) is 0 Å². The second kappa shape index (κ2) is 29.7. The van der Waals surface area contributed by atoms with Crippen LogP contribution in [0.15, 0.2) is 24.3 Å². The number of rotatable bonds is 32. The van der Waals surface area contributed by atoms with E-state index in [1.165, 1.54) is 90.6 Å². The highest BCUT2D eigenvalue weighted by atomic mass is 31.2. The van der Waals surface area contributed by atoms with Crippen molar-refractivity contribution in [3.8, 4) is 0 Å². The maximum absolute atomic E-state index is 12.1. The zero-order chi connectivity index (χ0) is 32.9. The molecule has 0 aliphatic carbocycles. The van der Waals surface area contributed by atoms with Crippen LogP contribution < -0.4 is 0 Å². The van der Waals surface area contributed by atoms with Crippen molar-refractivity contribution in [2.24, 2.45) is 0 Å². The molecule has 0 aliphatic rings. The van der Waals surface area contributed by atoms with Gasteiger partial charge in [-0.1, -0.05) is 76.2 Å². The normalized spacial score (nSPS) is 17.2. The van der Waals surface area contributed by atoms with Gasteiger partial charge in [0.15, 0.2) is 0 Å². The monoisotopic (exact) mass is 654 g/mol. The number of aliphatic hydroxyl groups is 5. The van der Waals surface area contributed by atoms with Crippen LogP contribution in [0.3, 0.4) is 0 Å². The molecule has 0 radical (unpaired) electrons. The first-order valence-electron chi connectivity index (χ1n) is 16.5. The van der Waals surface area contributed by atoms with E-state index in [0.717, 1.165) is 19.3 Å². The molecular weight excluding hydrogens is 591 g/mol. The summed E-state index contributed by atoms with van der Waals surface area (Å²) in [5.41, 5.74) is 0. The van der Waals surface area contributed by atoms with Gasteiger partial charge in [0.2, 0.25) is 0 Å². The quantitative estimate of drug-likeness (QED) is 0.0328. The summed E-state index contributed by atoms with van der Waals surface area (Å²) in [6.07, 6.45) is 20.8. The highest BCUT2D eigenvalue weighted by Gasteiger charge is 2.32. The van der Waals surface area contributed by atoms with Gasteiger partial charge >= 0.3 is 7.82 Å². The first-order chi connectivity index (χ1) is 21.2. The van der Waals surface area contributed by atoms with Gasteiger partial charge in [0.1, 0.15) is 30.5 Å². The summed E-state index contributed by atoms with van der Waals surface area (Å²) in [5.74, 6) is 0. The summed E-state index contributed by atoms with van der Waals surface area (Å²) in [5, 5.41) is 47.2. The molecule has 6 atom stereocenters. The number of unbranched alkanes of at least 4 members (excludes halogenated alkanes) is 13. The van der Waals surface area contributed by atoms with Gasteiger partial charge in [0, 0.05) is 13.7 Å². The van der Waals surface area contributed by atoms with E-state index in [9.17, 15) is 29.9 Å². The van der Waals surface area contributed by atoms with Crippen molar-refractivity contribution < 1.29 is 53.5 Å². The van der Waals surface area contributed by atoms with Gasteiger partial charge in [0.05, 0.1) is 26.4 Å². The topological polar surface area (TPSA) is 175 Å². The highest BCUT2D eigenvalue weighted by Crippen LogP contribution is 2.43. The Kier molecular flexibility index (Phi) is 29.2. The van der Waals surface area contributed by atoms with Gasteiger partial charge in [0.25, 0.3) is 0 Å². The Morgan fingerprint density at radius 1 is 0.636 bits per heavy atom. The van der Waals surface area contributed by atoms with Crippen molar-refractivity contribution in [1.29, 1.82) is 0 Å². The Morgan fingerprint density at radius 2 is 1.09 bits per heavy atom. The van der Waals surface area contributed by atoms with E-state index in [4.69, 9.17) is 19.1 Å². The Bertz CT molecular complexity index is 737. The number of hydrogen-bond acceptors (Lipinski definition) is 10. The van der Waals surface area contributed by atoms with E-state index >= 15 is 0 Å². The Balaban J connectivity index is 3.72. The molecule has 0 spiro atoms. The lowest BCUT2D eigenvalue weighted by atomic mass is 10.0. The van der Waals surface area contributed by atoms with Crippen molar-refractivity contribution in [1.82, 2.24) is 0 Å². The van der Waals surface area contributed by atoms with E-state index in [-0.39, 0.29) is 13.2 Å². The Labute approximate surface area is 265 Å². The molecule has 11 nitrogen and oxygen atoms in total. The van der Waals surface area contributed by atoms with Crippen molar-refractivity contribution in [3.05, 3.63) is 24.3 Å². The second-order valence-corrected chi connectivity index (χ2v) is 12.7. The van der Waals surface area contributed by atoms with Crippen LogP contribution in [-0.2, 0) is 23.1 Å².